The Bertz CT molecular complexity index is 391. The van der Waals surface area contributed by atoms with E-state index in [1.807, 2.05) is 0 Å². The Morgan fingerprint density at radius 2 is 2.07 bits per heavy atom. The minimum Gasteiger partial charge on any atom is -0.497 e. The van der Waals surface area contributed by atoms with Crippen LogP contribution in [0.5, 0.6) is 5.75 Å². The molecule has 1 aromatic rings. The summed E-state index contributed by atoms with van der Waals surface area (Å²) in [5.74, 6) is -0.0404. The number of ether oxygens (including phenoxy) is 1. The number of rotatable bonds is 3. The van der Waals surface area contributed by atoms with Crippen LogP contribution in [0, 0.1) is 0 Å². The highest BCUT2D eigenvalue weighted by Crippen LogP contribution is 2.34. The molecule has 0 aliphatic heterocycles. The van der Waals surface area contributed by atoms with Gasteiger partial charge < -0.3 is 4.74 Å². The van der Waals surface area contributed by atoms with E-state index in [1.54, 1.807) is 0 Å². The lowest BCUT2D eigenvalue weighted by Gasteiger charge is -2.10. The summed E-state index contributed by atoms with van der Waals surface area (Å²) in [6.07, 6.45) is -2.65. The zero-order valence-electron chi connectivity index (χ0n) is 8.18. The molecule has 0 bridgehead atoms. The van der Waals surface area contributed by atoms with Gasteiger partial charge in [-0.1, -0.05) is 0 Å². The van der Waals surface area contributed by atoms with Crippen molar-refractivity contribution in [3.05, 3.63) is 27.7 Å². The predicted molar refractivity (Wildman–Crippen MR) is 55.7 cm³/mol. The van der Waals surface area contributed by atoms with Crippen molar-refractivity contribution in [3.8, 4) is 5.75 Å². The second-order valence-electron chi connectivity index (χ2n) is 2.94. The lowest BCUT2D eigenvalue weighted by Crippen LogP contribution is -1.99. The largest absolute Gasteiger partial charge is 0.497 e. The van der Waals surface area contributed by atoms with Crippen molar-refractivity contribution in [3.63, 3.8) is 0 Å². The molecule has 0 aliphatic rings. The van der Waals surface area contributed by atoms with Gasteiger partial charge in [-0.15, -0.1) is 0 Å². The molecule has 0 radical (unpaired) electrons. The number of hydrogen-bond acceptors (Lipinski definition) is 2. The van der Waals surface area contributed by atoms with Gasteiger partial charge >= 0.3 is 0 Å². The molecule has 82 valence electrons. The van der Waals surface area contributed by atoms with E-state index < -0.39 is 6.43 Å². The van der Waals surface area contributed by atoms with E-state index in [2.05, 4.69) is 15.9 Å². The van der Waals surface area contributed by atoms with Crippen molar-refractivity contribution in [1.82, 2.24) is 0 Å². The molecule has 0 heterocycles. The molecule has 0 N–H and O–H groups in total. The number of carbonyl (C=O) groups excluding carboxylic acids is 1. The molecule has 15 heavy (non-hydrogen) atoms. The van der Waals surface area contributed by atoms with Gasteiger partial charge in [0.1, 0.15) is 5.75 Å². The van der Waals surface area contributed by atoms with Crippen molar-refractivity contribution in [1.29, 1.82) is 0 Å². The van der Waals surface area contributed by atoms with E-state index in [0.717, 1.165) is 0 Å². The van der Waals surface area contributed by atoms with Crippen molar-refractivity contribution in [2.75, 3.05) is 7.11 Å². The Balaban J connectivity index is 3.40. The first kappa shape index (κ1) is 12.1. The average Bonchev–Trinajstić information content (AvgIpc) is 2.17. The Labute approximate surface area is 94.4 Å². The quantitative estimate of drug-likeness (QED) is 0.790. The maximum absolute atomic E-state index is 12.6. The van der Waals surface area contributed by atoms with Crippen LogP contribution in [-0.2, 0) is 0 Å². The number of methoxy groups -OCH3 is 1. The first-order valence-corrected chi connectivity index (χ1v) is 4.93. The minimum absolute atomic E-state index is 0.130. The van der Waals surface area contributed by atoms with Crippen molar-refractivity contribution in [2.24, 2.45) is 0 Å². The molecule has 2 nitrogen and oxygen atoms in total. The number of alkyl halides is 2. The second kappa shape index (κ2) is 4.70. The zero-order chi connectivity index (χ0) is 11.6. The van der Waals surface area contributed by atoms with Crippen LogP contribution >= 0.6 is 15.9 Å². The molecule has 0 saturated heterocycles. The third-order valence-electron chi connectivity index (χ3n) is 1.92. The van der Waals surface area contributed by atoms with Gasteiger partial charge in [-0.3, -0.25) is 4.79 Å². The Morgan fingerprint density at radius 1 is 1.47 bits per heavy atom. The topological polar surface area (TPSA) is 26.3 Å². The van der Waals surface area contributed by atoms with Crippen LogP contribution < -0.4 is 4.74 Å². The summed E-state index contributed by atoms with van der Waals surface area (Å²) < 4.78 is 30.2. The third kappa shape index (κ3) is 2.53. The first-order chi connectivity index (χ1) is 6.97. The maximum atomic E-state index is 12.6. The summed E-state index contributed by atoms with van der Waals surface area (Å²) in [6.45, 7) is 1.31. The smallest absolute Gasteiger partial charge is 0.265 e. The molecular formula is C10H9BrF2O2. The van der Waals surface area contributed by atoms with Crippen LogP contribution in [0.2, 0.25) is 0 Å². The summed E-state index contributed by atoms with van der Waals surface area (Å²) in [7, 11) is 1.36. The van der Waals surface area contributed by atoms with E-state index >= 15 is 0 Å². The molecule has 0 spiro atoms. The van der Waals surface area contributed by atoms with Crippen LogP contribution in [0.15, 0.2) is 16.6 Å². The Hall–Kier alpha value is -0.970. The number of halogens is 3. The number of ketones is 1. The number of Topliss-reactive ketones (excluding diaryl/α,β-unsaturated/α-hetero) is 1. The normalized spacial score (nSPS) is 10.5. The van der Waals surface area contributed by atoms with Gasteiger partial charge in [0.2, 0.25) is 0 Å². The summed E-state index contributed by atoms with van der Waals surface area (Å²) in [5, 5.41) is 0. The maximum Gasteiger partial charge on any atom is 0.265 e. The second-order valence-corrected chi connectivity index (χ2v) is 3.73. The molecule has 1 aromatic carbocycles. The van der Waals surface area contributed by atoms with Crippen LogP contribution in [0.4, 0.5) is 8.78 Å². The highest BCUT2D eigenvalue weighted by molar-refractivity contribution is 9.10. The SMILES string of the molecule is COc1cc(C(C)=O)c(Br)c(C(F)F)c1. The highest BCUT2D eigenvalue weighted by Gasteiger charge is 2.18. The average molecular weight is 279 g/mol. The van der Waals surface area contributed by atoms with Crippen LogP contribution in [0.25, 0.3) is 0 Å². The highest BCUT2D eigenvalue weighted by atomic mass is 79.9. The Morgan fingerprint density at radius 3 is 2.47 bits per heavy atom. The molecule has 5 heteroatoms. The van der Waals surface area contributed by atoms with Gasteiger partial charge in [-0.2, -0.15) is 0 Å². The van der Waals surface area contributed by atoms with Gasteiger partial charge in [0, 0.05) is 15.6 Å². The standard InChI is InChI=1S/C10H9BrF2O2/c1-5(14)7-3-6(15-2)4-8(9(7)11)10(12)13/h3-4,10H,1-2H3. The molecule has 1 rings (SSSR count). The van der Waals surface area contributed by atoms with Gasteiger partial charge in [0.15, 0.2) is 5.78 Å². The van der Waals surface area contributed by atoms with Crippen molar-refractivity contribution >= 4 is 21.7 Å². The van der Waals surface area contributed by atoms with Crippen molar-refractivity contribution < 1.29 is 18.3 Å². The molecule has 0 aliphatic carbocycles. The fourth-order valence-electron chi connectivity index (χ4n) is 1.15. The number of hydrogen-bond donors (Lipinski definition) is 0. The zero-order valence-corrected chi connectivity index (χ0v) is 9.77. The summed E-state index contributed by atoms with van der Waals surface area (Å²) in [4.78, 5) is 11.2. The molecular weight excluding hydrogens is 270 g/mol. The Kier molecular flexibility index (Phi) is 3.79. The van der Waals surface area contributed by atoms with E-state index in [0.29, 0.717) is 0 Å². The molecule has 0 amide bonds. The molecule has 0 aromatic heterocycles. The van der Waals surface area contributed by atoms with Crippen LogP contribution in [-0.4, -0.2) is 12.9 Å². The van der Waals surface area contributed by atoms with Crippen molar-refractivity contribution in [2.45, 2.75) is 13.3 Å². The van der Waals surface area contributed by atoms with E-state index in [4.69, 9.17) is 4.74 Å². The predicted octanol–water partition coefficient (Wildman–Crippen LogP) is 3.60. The van der Waals surface area contributed by atoms with Crippen LogP contribution in [0.1, 0.15) is 29.3 Å². The minimum atomic E-state index is -2.65. The van der Waals surface area contributed by atoms with Crippen LogP contribution in [0.3, 0.4) is 0 Å². The number of carbonyl (C=O) groups is 1. The van der Waals surface area contributed by atoms with Gasteiger partial charge in [-0.25, -0.2) is 8.78 Å². The fourth-order valence-corrected chi connectivity index (χ4v) is 1.83. The molecule has 0 saturated carbocycles. The summed E-state index contributed by atoms with van der Waals surface area (Å²) in [5.41, 5.74) is -0.0378. The molecule has 0 atom stereocenters. The molecule has 0 unspecified atom stereocenters. The van der Waals surface area contributed by atoms with E-state index in [9.17, 15) is 13.6 Å². The van der Waals surface area contributed by atoms with E-state index in [-0.39, 0.29) is 27.1 Å². The fraction of sp³-hybridized carbons (Fsp3) is 0.300. The van der Waals surface area contributed by atoms with E-state index in [1.165, 1.54) is 26.2 Å². The summed E-state index contributed by atoms with van der Waals surface area (Å²) in [6, 6.07) is 2.64. The molecule has 0 fully saturated rings. The number of benzene rings is 1. The first-order valence-electron chi connectivity index (χ1n) is 4.14. The van der Waals surface area contributed by atoms with Gasteiger partial charge in [0.05, 0.1) is 7.11 Å². The van der Waals surface area contributed by atoms with Gasteiger partial charge in [-0.05, 0) is 35.0 Å². The van der Waals surface area contributed by atoms with Gasteiger partial charge in [0.25, 0.3) is 6.43 Å². The monoisotopic (exact) mass is 278 g/mol. The lowest BCUT2D eigenvalue weighted by atomic mass is 10.1. The third-order valence-corrected chi connectivity index (χ3v) is 2.81. The summed E-state index contributed by atoms with van der Waals surface area (Å²) >= 11 is 2.99. The lowest BCUT2D eigenvalue weighted by molar-refractivity contribution is 0.101.